The van der Waals surface area contributed by atoms with E-state index in [4.69, 9.17) is 0 Å². The van der Waals surface area contributed by atoms with Crippen molar-refractivity contribution in [3.05, 3.63) is 71.3 Å². The molecule has 0 heterocycles. The Bertz CT molecular complexity index is 538. The molecule has 1 atom stereocenters. The van der Waals surface area contributed by atoms with Gasteiger partial charge in [-0.2, -0.15) is 0 Å². The molecule has 0 aliphatic heterocycles. The molecule has 1 N–H and O–H groups in total. The van der Waals surface area contributed by atoms with E-state index in [9.17, 15) is 5.11 Å². The highest BCUT2D eigenvalue weighted by atomic mass is 16.3. The van der Waals surface area contributed by atoms with Crippen LogP contribution >= 0.6 is 0 Å². The van der Waals surface area contributed by atoms with Crippen molar-refractivity contribution in [2.75, 3.05) is 0 Å². The first-order valence-electron chi connectivity index (χ1n) is 7.91. The van der Waals surface area contributed by atoms with Crippen LogP contribution in [0.3, 0.4) is 0 Å². The number of aliphatic hydroxyl groups is 1. The fraction of sp³-hybridized carbons (Fsp3) is 0.400. The fourth-order valence-corrected chi connectivity index (χ4v) is 3.23. The van der Waals surface area contributed by atoms with E-state index in [1.165, 1.54) is 16.7 Å². The lowest BCUT2D eigenvalue weighted by molar-refractivity contribution is 0.0734. The van der Waals surface area contributed by atoms with Crippen LogP contribution in [0.2, 0.25) is 0 Å². The molecule has 0 fully saturated rings. The summed E-state index contributed by atoms with van der Waals surface area (Å²) < 4.78 is 0. The average molecular weight is 282 g/mol. The highest BCUT2D eigenvalue weighted by Crippen LogP contribution is 2.36. The van der Waals surface area contributed by atoms with Crippen LogP contribution in [0.25, 0.3) is 0 Å². The van der Waals surface area contributed by atoms with E-state index in [0.717, 1.165) is 12.8 Å². The summed E-state index contributed by atoms with van der Waals surface area (Å²) in [5.74, 6) is 0. The predicted molar refractivity (Wildman–Crippen MR) is 89.6 cm³/mol. The summed E-state index contributed by atoms with van der Waals surface area (Å²) in [6, 6.07) is 18.9. The van der Waals surface area contributed by atoms with Gasteiger partial charge in [-0.15, -0.1) is 0 Å². The molecule has 0 aromatic heterocycles. The van der Waals surface area contributed by atoms with Gasteiger partial charge in [0.05, 0.1) is 6.10 Å². The van der Waals surface area contributed by atoms with Crippen LogP contribution in [-0.2, 0) is 11.8 Å². The van der Waals surface area contributed by atoms with Crippen molar-refractivity contribution in [2.24, 2.45) is 0 Å². The molecule has 1 unspecified atom stereocenters. The van der Waals surface area contributed by atoms with Crippen molar-refractivity contribution in [2.45, 2.75) is 51.6 Å². The Balaban J connectivity index is 2.27. The van der Waals surface area contributed by atoms with Crippen molar-refractivity contribution < 1.29 is 5.11 Å². The monoisotopic (exact) mass is 282 g/mol. The second kappa shape index (κ2) is 6.91. The predicted octanol–water partition coefficient (Wildman–Crippen LogP) is 4.66. The van der Waals surface area contributed by atoms with Gasteiger partial charge in [0.1, 0.15) is 0 Å². The molecule has 1 heteroatoms. The number of benzene rings is 2. The molecule has 2 aromatic carbocycles. The molecule has 0 bridgehead atoms. The zero-order valence-corrected chi connectivity index (χ0v) is 13.3. The number of aryl methyl sites for hydroxylation is 1. The minimum Gasteiger partial charge on any atom is -0.392 e. The van der Waals surface area contributed by atoms with Crippen molar-refractivity contribution in [3.63, 3.8) is 0 Å². The van der Waals surface area contributed by atoms with Crippen molar-refractivity contribution in [3.8, 4) is 0 Å². The van der Waals surface area contributed by atoms with Gasteiger partial charge < -0.3 is 5.11 Å². The first-order chi connectivity index (χ1) is 10.1. The summed E-state index contributed by atoms with van der Waals surface area (Å²) in [5, 5.41) is 10.9. The summed E-state index contributed by atoms with van der Waals surface area (Å²) in [7, 11) is 0. The largest absolute Gasteiger partial charge is 0.392 e. The van der Waals surface area contributed by atoms with Crippen LogP contribution in [0.4, 0.5) is 0 Å². The summed E-state index contributed by atoms with van der Waals surface area (Å²) in [6.45, 7) is 6.44. The maximum absolute atomic E-state index is 10.9. The molecule has 1 nitrogen and oxygen atoms in total. The maximum Gasteiger partial charge on any atom is 0.0676 e. The van der Waals surface area contributed by atoms with Crippen molar-refractivity contribution in [1.82, 2.24) is 0 Å². The molecule has 2 aromatic rings. The SMILES string of the molecule is CCC(CC)(c1ccccc1)C(O)Cc1ccc(C)cc1. The Morgan fingerprint density at radius 3 is 2.00 bits per heavy atom. The maximum atomic E-state index is 10.9. The molecule has 0 saturated heterocycles. The van der Waals surface area contributed by atoms with Gasteiger partial charge in [0.25, 0.3) is 0 Å². The summed E-state index contributed by atoms with van der Waals surface area (Å²) in [5.41, 5.74) is 3.55. The Morgan fingerprint density at radius 1 is 0.905 bits per heavy atom. The molecule has 0 aliphatic carbocycles. The summed E-state index contributed by atoms with van der Waals surface area (Å²) in [4.78, 5) is 0. The second-order valence-corrected chi connectivity index (χ2v) is 5.93. The van der Waals surface area contributed by atoms with Crippen molar-refractivity contribution in [1.29, 1.82) is 0 Å². The van der Waals surface area contributed by atoms with E-state index in [2.05, 4.69) is 69.3 Å². The highest BCUT2D eigenvalue weighted by Gasteiger charge is 2.36. The summed E-state index contributed by atoms with van der Waals surface area (Å²) >= 11 is 0. The fourth-order valence-electron chi connectivity index (χ4n) is 3.23. The van der Waals surface area contributed by atoms with E-state index >= 15 is 0 Å². The molecule has 0 radical (unpaired) electrons. The minimum absolute atomic E-state index is 0.161. The van der Waals surface area contributed by atoms with Crippen LogP contribution in [0.1, 0.15) is 43.4 Å². The van der Waals surface area contributed by atoms with Crippen LogP contribution in [0.15, 0.2) is 54.6 Å². The van der Waals surface area contributed by atoms with E-state index in [1.54, 1.807) is 0 Å². The third-order valence-corrected chi connectivity index (χ3v) is 4.80. The topological polar surface area (TPSA) is 20.2 Å². The smallest absolute Gasteiger partial charge is 0.0676 e. The van der Waals surface area contributed by atoms with Gasteiger partial charge in [0.2, 0.25) is 0 Å². The zero-order chi connectivity index (χ0) is 15.3. The third-order valence-electron chi connectivity index (χ3n) is 4.80. The van der Waals surface area contributed by atoms with E-state index in [1.807, 2.05) is 6.07 Å². The van der Waals surface area contributed by atoms with Gasteiger partial charge in [-0.25, -0.2) is 0 Å². The van der Waals surface area contributed by atoms with Gasteiger partial charge in [0.15, 0.2) is 0 Å². The standard InChI is InChI=1S/C20H26O/c1-4-20(5-2,18-9-7-6-8-10-18)19(21)15-17-13-11-16(3)12-14-17/h6-14,19,21H,4-5,15H2,1-3H3. The third kappa shape index (κ3) is 3.36. The van der Waals surface area contributed by atoms with Gasteiger partial charge in [-0.1, -0.05) is 74.0 Å². The van der Waals surface area contributed by atoms with Gasteiger partial charge in [-0.3, -0.25) is 0 Å². The lowest BCUT2D eigenvalue weighted by atomic mass is 9.70. The number of hydrogen-bond donors (Lipinski definition) is 1. The molecule has 21 heavy (non-hydrogen) atoms. The van der Waals surface area contributed by atoms with Crippen LogP contribution in [0.5, 0.6) is 0 Å². The molecular weight excluding hydrogens is 256 g/mol. The molecule has 0 amide bonds. The van der Waals surface area contributed by atoms with Gasteiger partial charge >= 0.3 is 0 Å². The molecule has 0 aliphatic rings. The van der Waals surface area contributed by atoms with E-state index in [0.29, 0.717) is 6.42 Å². The van der Waals surface area contributed by atoms with Crippen molar-refractivity contribution >= 4 is 0 Å². The first-order valence-corrected chi connectivity index (χ1v) is 7.91. The lowest BCUT2D eigenvalue weighted by Crippen LogP contribution is -2.40. The average Bonchev–Trinajstić information content (AvgIpc) is 2.52. The van der Waals surface area contributed by atoms with E-state index < -0.39 is 0 Å². The van der Waals surface area contributed by atoms with Crippen LogP contribution in [0, 0.1) is 6.92 Å². The minimum atomic E-state index is -0.363. The molecule has 0 saturated carbocycles. The summed E-state index contributed by atoms with van der Waals surface area (Å²) in [6.07, 6.45) is 2.23. The van der Waals surface area contributed by atoms with Crippen LogP contribution < -0.4 is 0 Å². The normalized spacial score (nSPS) is 13.1. The number of aliphatic hydroxyl groups excluding tert-OH is 1. The van der Waals surface area contributed by atoms with Gasteiger partial charge in [-0.05, 0) is 37.3 Å². The molecular formula is C20H26O. The number of rotatable bonds is 6. The Labute approximate surface area is 128 Å². The zero-order valence-electron chi connectivity index (χ0n) is 13.3. The van der Waals surface area contributed by atoms with Gasteiger partial charge in [0, 0.05) is 5.41 Å². The molecule has 2 rings (SSSR count). The Hall–Kier alpha value is -1.60. The first kappa shape index (κ1) is 15.8. The Morgan fingerprint density at radius 2 is 1.48 bits per heavy atom. The highest BCUT2D eigenvalue weighted by molar-refractivity contribution is 5.29. The molecule has 112 valence electrons. The second-order valence-electron chi connectivity index (χ2n) is 5.93. The molecule has 0 spiro atoms. The van der Waals surface area contributed by atoms with Crippen LogP contribution in [-0.4, -0.2) is 11.2 Å². The number of hydrogen-bond acceptors (Lipinski definition) is 1. The quantitative estimate of drug-likeness (QED) is 0.817. The van der Waals surface area contributed by atoms with E-state index in [-0.39, 0.29) is 11.5 Å². The lowest BCUT2D eigenvalue weighted by Gasteiger charge is -2.37. The Kier molecular flexibility index (Phi) is 5.19.